The van der Waals surface area contributed by atoms with E-state index < -0.39 is 144 Å². The quantitative estimate of drug-likeness (QED) is 0.0376. The average Bonchev–Trinajstić information content (AvgIpc) is 1.58. The minimum Gasteiger partial charge on any atom is -0.480 e. The number of amides is 7. The van der Waals surface area contributed by atoms with Crippen molar-refractivity contribution in [2.24, 2.45) is 11.8 Å². The summed E-state index contributed by atoms with van der Waals surface area (Å²) in [7, 11) is -7.65. The van der Waals surface area contributed by atoms with Crippen LogP contribution in [0.4, 0.5) is 9.59 Å². The van der Waals surface area contributed by atoms with Crippen molar-refractivity contribution < 1.29 is 89.5 Å². The van der Waals surface area contributed by atoms with Crippen molar-refractivity contribution >= 4 is 112 Å². The second kappa shape index (κ2) is 31.0. The van der Waals surface area contributed by atoms with Crippen LogP contribution in [0.3, 0.4) is 0 Å². The van der Waals surface area contributed by atoms with Gasteiger partial charge in [-0.2, -0.15) is 0 Å². The number of carbonyl (C=O) groups is 8. The molecule has 10 atom stereocenters. The first-order chi connectivity index (χ1) is 48.7. The van der Waals surface area contributed by atoms with Crippen LogP contribution in [-0.4, -0.2) is 200 Å². The third-order valence-corrected chi connectivity index (χ3v) is 22.6. The average molecular weight is 1500 g/mol. The van der Waals surface area contributed by atoms with Crippen LogP contribution in [0.25, 0.3) is 43.2 Å². The zero-order valence-electron chi connectivity index (χ0n) is 57.2. The minimum atomic E-state index is -3.92. The van der Waals surface area contributed by atoms with Gasteiger partial charge in [0, 0.05) is 31.2 Å². The van der Waals surface area contributed by atoms with Crippen LogP contribution < -0.4 is 45.5 Å². The van der Waals surface area contributed by atoms with Crippen molar-refractivity contribution in [3.05, 3.63) is 109 Å². The molecule has 31 nitrogen and oxygen atoms in total. The van der Waals surface area contributed by atoms with Gasteiger partial charge in [-0.15, -0.1) is 35.8 Å². The number of hydrogen-bond acceptors (Lipinski definition) is 25. The van der Waals surface area contributed by atoms with E-state index in [4.69, 9.17) is 49.1 Å². The molecule has 12 rings (SSSR count). The van der Waals surface area contributed by atoms with Crippen molar-refractivity contribution in [1.82, 2.24) is 60.9 Å². The molecule has 6 aliphatic rings. The van der Waals surface area contributed by atoms with Gasteiger partial charge in [0.1, 0.15) is 58.0 Å². The maximum absolute atomic E-state index is 14.1. The largest absolute Gasteiger partial charge is 0.480 e. The fourth-order valence-corrected chi connectivity index (χ4v) is 15.6. The number of aliphatic hydroxyl groups excluding tert-OH is 2. The van der Waals surface area contributed by atoms with Gasteiger partial charge in [-0.1, -0.05) is 48.6 Å². The summed E-state index contributed by atoms with van der Waals surface area (Å²) in [5.74, 6) is -5.17. The number of aliphatic carboxylic acids is 1. The maximum atomic E-state index is 14.1. The first kappa shape index (κ1) is 76.4. The van der Waals surface area contributed by atoms with Gasteiger partial charge in [0.05, 0.1) is 68.1 Å². The van der Waals surface area contributed by atoms with E-state index in [-0.39, 0.29) is 43.2 Å². The van der Waals surface area contributed by atoms with E-state index in [0.29, 0.717) is 78.9 Å². The van der Waals surface area contributed by atoms with Crippen molar-refractivity contribution in [1.29, 1.82) is 0 Å². The molecular formula is C68H82N12O19S4. The number of hydrogen-bond donors (Lipinski definition) is 10. The molecule has 2 aromatic carbocycles. The molecule has 103 heavy (non-hydrogen) atoms. The van der Waals surface area contributed by atoms with Gasteiger partial charge >= 0.3 is 18.2 Å². The van der Waals surface area contributed by atoms with Gasteiger partial charge in [-0.25, -0.2) is 51.2 Å². The van der Waals surface area contributed by atoms with Crippen LogP contribution >= 0.6 is 22.7 Å². The van der Waals surface area contributed by atoms with Crippen LogP contribution in [0.5, 0.6) is 11.8 Å². The number of fused-ring (bicyclic) bond motifs is 2. The summed E-state index contributed by atoms with van der Waals surface area (Å²) in [6.45, 7) is 16.1. The van der Waals surface area contributed by atoms with E-state index in [0.717, 1.165) is 20.2 Å². The molecule has 35 heteroatoms. The molecule has 4 aromatic heterocycles. The number of rotatable bonds is 24. The van der Waals surface area contributed by atoms with Gasteiger partial charge < -0.3 is 65.8 Å². The Morgan fingerprint density at radius 3 is 1.44 bits per heavy atom. The molecule has 0 radical (unpaired) electrons. The Labute approximate surface area is 601 Å². The third kappa shape index (κ3) is 18.8. The van der Waals surface area contributed by atoms with Crippen molar-refractivity contribution in [3.8, 4) is 32.9 Å². The molecule has 10 N–H and O–H groups in total. The van der Waals surface area contributed by atoms with E-state index in [2.05, 4.69) is 43.9 Å². The molecule has 0 spiro atoms. The predicted molar refractivity (Wildman–Crippen MR) is 378 cm³/mol. The second-order valence-corrected chi connectivity index (χ2v) is 33.4. The molecular weight excluding hydrogens is 1420 g/mol. The number of aliphatic hydroxyl groups is 2. The van der Waals surface area contributed by atoms with Gasteiger partial charge in [0.25, 0.3) is 11.8 Å². The summed E-state index contributed by atoms with van der Waals surface area (Å²) in [4.78, 5) is 123. The lowest BCUT2D eigenvalue weighted by Crippen LogP contribution is -2.59. The molecule has 2 aliphatic heterocycles. The monoisotopic (exact) mass is 1500 g/mol. The number of carboxylic acids is 1. The van der Waals surface area contributed by atoms with Crippen LogP contribution in [0, 0.1) is 11.8 Å². The number of thiophene rings is 2. The second-order valence-electron chi connectivity index (χ2n) is 27.6. The Hall–Kier alpha value is -9.26. The lowest BCUT2D eigenvalue weighted by Gasteiger charge is -2.29. The van der Waals surface area contributed by atoms with E-state index in [1.165, 1.54) is 28.7 Å². The lowest BCUT2D eigenvalue weighted by molar-refractivity contribution is -0.141. The summed E-state index contributed by atoms with van der Waals surface area (Å²) in [5.41, 5.74) is -0.707. The zero-order chi connectivity index (χ0) is 74.6. The first-order valence-corrected chi connectivity index (χ1v) is 38.0. The molecule has 552 valence electrons. The van der Waals surface area contributed by atoms with E-state index >= 15 is 0 Å². The number of nitrogens with zero attached hydrogens (tertiary/aromatic N) is 5. The number of carboxylic acid groups (broad SMARTS) is 1. The Kier molecular flexibility index (Phi) is 23.0. The Morgan fingerprint density at radius 2 is 1.05 bits per heavy atom. The number of ether oxygens (including phenoxy) is 4. The standard InChI is InChI=1S/C34H40N6O9S2.C26H27N5O5S2.C8H15NO5/c1-5-19-16-34(19,31(44)39-51(46,47)21-12-13-21)38-28(42)25-15-20(17-40(25)30(43)24(18-41)37-32(45)49-33(2,3)4)48-29-27(26-11-8-14-50-26)35-22-9-6-7-10-23(22)36-29;1-2-15-13-26(15,25(33)31-38(34,35)17-9-10-17)30-23(32)20-12-16(14-27-20)36-24-22(21-8-5-11-37-21)28-18-6-3-4-7-19(18)29-24;1-8(2,3)14-7(13)9-5(4-10)6(11)12/h5-11,14,19-21,24-25,41H,1,12-13,15-18H2,2-4H3,(H,37,45)(H,38,42)(H,39,44);2-8,11,15-17,20,27H,1,9-10,12-14H2,(H,30,32)(H,31,33);5,10H,4H2,1-3H3,(H,9,13)(H,11,12)/t19-,20-,24+,25+,34-;15-,16-,20+,26-;/m11./s1. The highest BCUT2D eigenvalue weighted by molar-refractivity contribution is 7.91. The molecule has 0 bridgehead atoms. The maximum Gasteiger partial charge on any atom is 0.408 e. The third-order valence-electron chi connectivity index (χ3n) is 17.2. The molecule has 7 amide bonds. The highest BCUT2D eigenvalue weighted by Crippen LogP contribution is 2.47. The number of para-hydroxylation sites is 4. The van der Waals surface area contributed by atoms with Crippen molar-refractivity contribution in [2.75, 3.05) is 26.3 Å². The number of sulfonamides is 2. The number of nitrogens with one attached hydrogen (secondary N) is 7. The Balaban J connectivity index is 0.000000192. The van der Waals surface area contributed by atoms with E-state index in [1.54, 1.807) is 53.7 Å². The lowest BCUT2D eigenvalue weighted by atomic mass is 10.1. The topological polar surface area (TPSA) is 441 Å². The van der Waals surface area contributed by atoms with Gasteiger partial charge in [0.2, 0.25) is 49.5 Å². The first-order valence-electron chi connectivity index (χ1n) is 33.1. The number of benzene rings is 2. The summed E-state index contributed by atoms with van der Waals surface area (Å²) >= 11 is 2.97. The fourth-order valence-electron chi connectivity index (χ4n) is 11.5. The number of carbonyl (C=O) groups excluding carboxylic acids is 7. The normalized spacial score (nSPS) is 23.3. The van der Waals surface area contributed by atoms with Crippen LogP contribution in [0.1, 0.15) is 92.9 Å². The minimum absolute atomic E-state index is 0.0720. The molecule has 6 fully saturated rings. The number of alkyl carbamates (subject to hydrolysis) is 2. The summed E-state index contributed by atoms with van der Waals surface area (Å²) in [6.07, 6.45) is 2.68. The highest BCUT2D eigenvalue weighted by Gasteiger charge is 2.63. The SMILES string of the molecule is C=C[C@@H]1C[C@]1(NC(=O)[C@@H]1C[C@@H](Oc2nc3ccccc3nc2-c2cccs2)CN1)C(=O)NS(=O)(=O)C1CC1.C=C[C@@H]1C[C@]1(NC(=O)[C@@H]1C[C@@H](Oc2nc3ccccc3nc2-c2cccs2)CN1C(=O)[C@H](CO)NC(=O)OC(C)(C)C)C(=O)NS(=O)(=O)C1CC1.CC(C)(C)OC(=O)NC(CO)C(=O)O. The molecule has 2 saturated heterocycles. The van der Waals surface area contributed by atoms with E-state index in [9.17, 15) is 60.3 Å². The summed E-state index contributed by atoms with van der Waals surface area (Å²) < 4.78 is 76.9. The Morgan fingerprint density at radius 1 is 0.621 bits per heavy atom. The molecule has 4 aliphatic carbocycles. The smallest absolute Gasteiger partial charge is 0.408 e. The van der Waals surface area contributed by atoms with Crippen LogP contribution in [-0.2, 0) is 58.3 Å². The van der Waals surface area contributed by atoms with Crippen molar-refractivity contribution in [3.63, 3.8) is 0 Å². The van der Waals surface area contributed by atoms with Crippen LogP contribution in [0.2, 0.25) is 0 Å². The van der Waals surface area contributed by atoms with Crippen LogP contribution in [0.15, 0.2) is 109 Å². The van der Waals surface area contributed by atoms with Gasteiger partial charge in [-0.3, -0.25) is 33.4 Å². The molecule has 1 unspecified atom stereocenters. The van der Waals surface area contributed by atoms with Crippen molar-refractivity contribution in [2.45, 2.75) is 162 Å². The number of aromatic nitrogens is 4. The van der Waals surface area contributed by atoms with E-state index in [1.807, 2.05) is 82.8 Å². The molecule has 4 saturated carbocycles. The number of likely N-dealkylation sites (tertiary alicyclic amines) is 1. The molecule has 6 aromatic rings. The summed E-state index contributed by atoms with van der Waals surface area (Å²) in [5, 5.41) is 43.0. The highest BCUT2D eigenvalue weighted by atomic mass is 32.2. The fraction of sp³-hybridized carbons (Fsp3) is 0.471. The molecule has 6 heterocycles. The Bertz CT molecular complexity index is 4450. The predicted octanol–water partition coefficient (Wildman–Crippen LogP) is 4.36. The van der Waals surface area contributed by atoms with Gasteiger partial charge in [-0.05, 0) is 127 Å². The van der Waals surface area contributed by atoms with Gasteiger partial charge in [0.15, 0.2) is 6.04 Å². The zero-order valence-corrected chi connectivity index (χ0v) is 60.4. The summed E-state index contributed by atoms with van der Waals surface area (Å²) in [6, 6.07) is 17.8.